The van der Waals surface area contributed by atoms with Crippen LogP contribution in [0, 0.1) is 0 Å². The van der Waals surface area contributed by atoms with E-state index < -0.39 is 8.07 Å². The SMILES string of the molecule is CN(C)c1ccc([Si](C)(C)C)cc1.Cl. The lowest BCUT2D eigenvalue weighted by molar-refractivity contribution is 1.13. The summed E-state index contributed by atoms with van der Waals surface area (Å²) in [5.74, 6) is 0. The van der Waals surface area contributed by atoms with E-state index in [-0.39, 0.29) is 12.4 Å². The van der Waals surface area contributed by atoms with Crippen molar-refractivity contribution in [3.8, 4) is 0 Å². The maximum Gasteiger partial charge on any atom is 0.0775 e. The Morgan fingerprint density at radius 2 is 1.36 bits per heavy atom. The molecule has 1 aromatic rings. The van der Waals surface area contributed by atoms with Crippen molar-refractivity contribution < 1.29 is 0 Å². The lowest BCUT2D eigenvalue weighted by atomic mass is 10.3. The van der Waals surface area contributed by atoms with Gasteiger partial charge in [0.2, 0.25) is 0 Å². The molecule has 14 heavy (non-hydrogen) atoms. The standard InChI is InChI=1S/C11H19NSi.ClH/c1-12(2)10-6-8-11(9-7-10)13(3,4)5;/h6-9H,1-5H3;1H. The molecular weight excluding hydrogens is 210 g/mol. The Labute approximate surface area is 94.6 Å². The van der Waals surface area contributed by atoms with E-state index >= 15 is 0 Å². The van der Waals surface area contributed by atoms with Gasteiger partial charge in [-0.1, -0.05) is 37.0 Å². The van der Waals surface area contributed by atoms with Gasteiger partial charge in [0.1, 0.15) is 0 Å². The first kappa shape index (κ1) is 13.5. The van der Waals surface area contributed by atoms with Crippen molar-refractivity contribution in [1.29, 1.82) is 0 Å². The van der Waals surface area contributed by atoms with Crippen LogP contribution in [0.5, 0.6) is 0 Å². The summed E-state index contributed by atoms with van der Waals surface area (Å²) in [6, 6.07) is 8.93. The van der Waals surface area contributed by atoms with Crippen molar-refractivity contribution in [2.75, 3.05) is 19.0 Å². The third-order valence-electron chi connectivity index (χ3n) is 2.25. The first-order valence-corrected chi connectivity index (χ1v) is 8.19. The topological polar surface area (TPSA) is 3.24 Å². The molecular formula is C11H20ClNSi. The summed E-state index contributed by atoms with van der Waals surface area (Å²) in [5.41, 5.74) is 1.28. The molecule has 0 saturated heterocycles. The zero-order valence-electron chi connectivity index (χ0n) is 9.66. The summed E-state index contributed by atoms with van der Waals surface area (Å²) in [6.45, 7) is 7.12. The summed E-state index contributed by atoms with van der Waals surface area (Å²) < 4.78 is 0. The van der Waals surface area contributed by atoms with Gasteiger partial charge >= 0.3 is 0 Å². The monoisotopic (exact) mass is 229 g/mol. The molecule has 0 aliphatic carbocycles. The van der Waals surface area contributed by atoms with Crippen molar-refractivity contribution in [1.82, 2.24) is 0 Å². The number of rotatable bonds is 2. The lowest BCUT2D eigenvalue weighted by Crippen LogP contribution is -2.37. The van der Waals surface area contributed by atoms with Crippen LogP contribution in [0.25, 0.3) is 0 Å². The minimum atomic E-state index is -1.11. The molecule has 0 heterocycles. The Morgan fingerprint density at radius 3 is 1.64 bits per heavy atom. The quantitative estimate of drug-likeness (QED) is 0.705. The third kappa shape index (κ3) is 3.35. The number of anilines is 1. The molecule has 0 aliphatic rings. The second-order valence-electron chi connectivity index (χ2n) is 4.69. The van der Waals surface area contributed by atoms with Gasteiger partial charge in [-0.25, -0.2) is 0 Å². The second kappa shape index (κ2) is 4.85. The number of halogens is 1. The van der Waals surface area contributed by atoms with Crippen LogP contribution in [0.1, 0.15) is 0 Å². The van der Waals surface area contributed by atoms with E-state index in [0.717, 1.165) is 0 Å². The smallest absolute Gasteiger partial charge is 0.0775 e. The number of nitrogens with zero attached hydrogens (tertiary/aromatic N) is 1. The molecule has 80 valence electrons. The molecule has 1 nitrogen and oxygen atoms in total. The van der Waals surface area contributed by atoms with Gasteiger partial charge in [-0.3, -0.25) is 0 Å². The average molecular weight is 230 g/mol. The van der Waals surface area contributed by atoms with Crippen molar-refractivity contribution in [2.24, 2.45) is 0 Å². The van der Waals surface area contributed by atoms with Crippen molar-refractivity contribution >= 4 is 31.4 Å². The molecule has 0 bridgehead atoms. The van der Waals surface area contributed by atoms with E-state index in [4.69, 9.17) is 0 Å². The van der Waals surface area contributed by atoms with Gasteiger partial charge < -0.3 is 4.90 Å². The molecule has 0 saturated carbocycles. The predicted octanol–water partition coefficient (Wildman–Crippen LogP) is 2.72. The zero-order valence-corrected chi connectivity index (χ0v) is 11.5. The normalized spacial score (nSPS) is 10.6. The van der Waals surface area contributed by atoms with Crippen LogP contribution in [0.2, 0.25) is 19.6 Å². The summed E-state index contributed by atoms with van der Waals surface area (Å²) in [4.78, 5) is 2.13. The van der Waals surface area contributed by atoms with Crippen LogP contribution in [0.15, 0.2) is 24.3 Å². The molecule has 1 aromatic carbocycles. The number of benzene rings is 1. The fourth-order valence-electron chi connectivity index (χ4n) is 1.26. The van der Waals surface area contributed by atoms with Crippen molar-refractivity contribution in [3.63, 3.8) is 0 Å². The molecule has 0 amide bonds. The molecule has 0 N–H and O–H groups in total. The summed E-state index contributed by atoms with van der Waals surface area (Å²) in [6.07, 6.45) is 0. The predicted molar refractivity (Wildman–Crippen MR) is 71.0 cm³/mol. The summed E-state index contributed by atoms with van der Waals surface area (Å²) in [5, 5.41) is 1.53. The van der Waals surface area contributed by atoms with Gasteiger partial charge in [-0.05, 0) is 12.1 Å². The molecule has 0 fully saturated rings. The van der Waals surface area contributed by atoms with Crippen LogP contribution < -0.4 is 10.1 Å². The lowest BCUT2D eigenvalue weighted by Gasteiger charge is -2.18. The van der Waals surface area contributed by atoms with Gasteiger partial charge in [-0.15, -0.1) is 12.4 Å². The zero-order chi connectivity index (χ0) is 10.1. The molecule has 0 aliphatic heterocycles. The Hall–Kier alpha value is -0.473. The van der Waals surface area contributed by atoms with E-state index in [9.17, 15) is 0 Å². The van der Waals surface area contributed by atoms with Gasteiger partial charge in [0.05, 0.1) is 8.07 Å². The van der Waals surface area contributed by atoms with Crippen LogP contribution >= 0.6 is 12.4 Å². The first-order chi connectivity index (χ1) is 5.91. The second-order valence-corrected chi connectivity index (χ2v) is 9.77. The van der Waals surface area contributed by atoms with E-state index in [0.29, 0.717) is 0 Å². The van der Waals surface area contributed by atoms with Gasteiger partial charge in [-0.2, -0.15) is 0 Å². The maximum atomic E-state index is 2.37. The van der Waals surface area contributed by atoms with Crippen LogP contribution in [0.3, 0.4) is 0 Å². The van der Waals surface area contributed by atoms with E-state index in [1.165, 1.54) is 10.9 Å². The molecule has 0 atom stereocenters. The Balaban J connectivity index is 0.00000169. The third-order valence-corrected chi connectivity index (χ3v) is 4.32. The average Bonchev–Trinajstić information content (AvgIpc) is 2.03. The van der Waals surface area contributed by atoms with Gasteiger partial charge in [0.25, 0.3) is 0 Å². The summed E-state index contributed by atoms with van der Waals surface area (Å²) >= 11 is 0. The minimum Gasteiger partial charge on any atom is -0.378 e. The molecule has 0 aromatic heterocycles. The van der Waals surface area contributed by atoms with Crippen LogP contribution in [-0.4, -0.2) is 22.2 Å². The fraction of sp³-hybridized carbons (Fsp3) is 0.455. The molecule has 1 rings (SSSR count). The highest BCUT2D eigenvalue weighted by Crippen LogP contribution is 2.10. The van der Waals surface area contributed by atoms with Crippen LogP contribution in [0.4, 0.5) is 5.69 Å². The van der Waals surface area contributed by atoms with Gasteiger partial charge in [0.15, 0.2) is 0 Å². The highest BCUT2D eigenvalue weighted by atomic mass is 35.5. The number of hydrogen-bond acceptors (Lipinski definition) is 1. The first-order valence-electron chi connectivity index (χ1n) is 4.69. The minimum absolute atomic E-state index is 0. The highest BCUT2D eigenvalue weighted by Gasteiger charge is 2.15. The molecule has 0 unspecified atom stereocenters. The Morgan fingerprint density at radius 1 is 0.929 bits per heavy atom. The van der Waals surface area contributed by atoms with Crippen molar-refractivity contribution in [2.45, 2.75) is 19.6 Å². The largest absolute Gasteiger partial charge is 0.378 e. The van der Waals surface area contributed by atoms with Crippen molar-refractivity contribution in [3.05, 3.63) is 24.3 Å². The van der Waals surface area contributed by atoms with Gasteiger partial charge in [0, 0.05) is 19.8 Å². The summed E-state index contributed by atoms with van der Waals surface area (Å²) in [7, 11) is 3.04. The number of hydrogen-bond donors (Lipinski definition) is 0. The van der Waals surface area contributed by atoms with E-state index in [1.54, 1.807) is 0 Å². The maximum absolute atomic E-state index is 2.37. The van der Waals surface area contributed by atoms with Crippen LogP contribution in [-0.2, 0) is 0 Å². The van der Waals surface area contributed by atoms with E-state index in [1.807, 2.05) is 0 Å². The molecule has 0 radical (unpaired) electrons. The Bertz CT molecular complexity index is 274. The van der Waals surface area contributed by atoms with E-state index in [2.05, 4.69) is 62.9 Å². The molecule has 3 heteroatoms. The Kier molecular flexibility index (Phi) is 4.69. The molecule has 0 spiro atoms. The highest BCUT2D eigenvalue weighted by molar-refractivity contribution is 6.88. The fourth-order valence-corrected chi connectivity index (χ4v) is 2.43.